The number of benzene rings is 2. The van der Waals surface area contributed by atoms with Gasteiger partial charge in [0.2, 0.25) is 5.91 Å². The number of rotatable bonds is 5. The van der Waals surface area contributed by atoms with E-state index in [-0.39, 0.29) is 18.0 Å². The summed E-state index contributed by atoms with van der Waals surface area (Å²) >= 11 is 0. The minimum absolute atomic E-state index is 0.0866. The number of nitrogens with two attached hydrogens (primary N) is 1. The van der Waals surface area contributed by atoms with Gasteiger partial charge >= 0.3 is 0 Å². The van der Waals surface area contributed by atoms with Crippen molar-refractivity contribution in [3.63, 3.8) is 0 Å². The van der Waals surface area contributed by atoms with Gasteiger partial charge < -0.3 is 5.73 Å². The van der Waals surface area contributed by atoms with Crippen LogP contribution in [0, 0.1) is 0 Å². The molecule has 0 heterocycles. The molecule has 2 aromatic carbocycles. The number of hydrogen-bond acceptors (Lipinski definition) is 2. The summed E-state index contributed by atoms with van der Waals surface area (Å²) in [4.78, 5) is 11.3. The fourth-order valence-corrected chi connectivity index (χ4v) is 2.42. The van der Waals surface area contributed by atoms with Gasteiger partial charge in [-0.3, -0.25) is 10.1 Å². The van der Waals surface area contributed by atoms with Crippen LogP contribution in [0.25, 0.3) is 10.8 Å². The van der Waals surface area contributed by atoms with Crippen molar-refractivity contribution in [2.45, 2.75) is 32.4 Å². The van der Waals surface area contributed by atoms with Gasteiger partial charge in [0.15, 0.2) is 0 Å². The smallest absolute Gasteiger partial charge is 0.234 e. The topological polar surface area (TPSA) is 55.1 Å². The molecule has 0 saturated heterocycles. The molecule has 0 aromatic heterocycles. The van der Waals surface area contributed by atoms with Crippen LogP contribution in [0.3, 0.4) is 0 Å². The Bertz CT molecular complexity index is 574. The molecule has 3 nitrogen and oxygen atoms in total. The van der Waals surface area contributed by atoms with Crippen molar-refractivity contribution in [3.8, 4) is 0 Å². The second kappa shape index (κ2) is 5.85. The van der Waals surface area contributed by atoms with Crippen molar-refractivity contribution >= 4 is 16.7 Å². The summed E-state index contributed by atoms with van der Waals surface area (Å²) in [5.74, 6) is -0.297. The number of nitrogens with one attached hydrogen (secondary N) is 1. The molecule has 19 heavy (non-hydrogen) atoms. The van der Waals surface area contributed by atoms with E-state index < -0.39 is 0 Å². The average Bonchev–Trinajstić information content (AvgIpc) is 2.43. The molecule has 2 rings (SSSR count). The number of carbonyl (C=O) groups excluding carboxylic acids is 1. The zero-order valence-corrected chi connectivity index (χ0v) is 11.4. The van der Waals surface area contributed by atoms with Crippen molar-refractivity contribution in [2.24, 2.45) is 5.73 Å². The van der Waals surface area contributed by atoms with Gasteiger partial charge in [0.25, 0.3) is 0 Å². The van der Waals surface area contributed by atoms with Crippen LogP contribution in [-0.2, 0) is 4.79 Å². The van der Waals surface area contributed by atoms with Gasteiger partial charge in [-0.1, -0.05) is 49.4 Å². The van der Waals surface area contributed by atoms with Gasteiger partial charge in [0.05, 0.1) is 6.04 Å². The Hall–Kier alpha value is -1.87. The molecular formula is C16H20N2O. The fraction of sp³-hybridized carbons (Fsp3) is 0.312. The number of fused-ring (bicyclic) bond motifs is 1. The molecule has 0 saturated carbocycles. The standard InChI is InChI=1S/C16H20N2O/c1-3-15(16(17)19)18-11(2)13-10-6-8-12-7-4-5-9-14(12)13/h4-11,15,18H,3H2,1-2H3,(H2,17,19)/t11-,15-/m1/s1. The third-order valence-corrected chi connectivity index (χ3v) is 3.49. The van der Waals surface area contributed by atoms with E-state index in [1.54, 1.807) is 0 Å². The predicted octanol–water partition coefficient (Wildman–Crippen LogP) is 2.75. The highest BCUT2D eigenvalue weighted by molar-refractivity contribution is 5.86. The normalized spacial score (nSPS) is 14.2. The largest absolute Gasteiger partial charge is 0.368 e. The van der Waals surface area contributed by atoms with E-state index in [9.17, 15) is 4.79 Å². The summed E-state index contributed by atoms with van der Waals surface area (Å²) in [6, 6.07) is 14.3. The van der Waals surface area contributed by atoms with Crippen LogP contribution in [0.2, 0.25) is 0 Å². The van der Waals surface area contributed by atoms with Gasteiger partial charge in [-0.05, 0) is 29.7 Å². The van der Waals surface area contributed by atoms with Gasteiger partial charge in [0, 0.05) is 6.04 Å². The zero-order chi connectivity index (χ0) is 13.8. The SMILES string of the molecule is CC[C@@H](N[C@H](C)c1cccc2ccccc12)C(N)=O. The van der Waals surface area contributed by atoms with E-state index in [2.05, 4.69) is 36.5 Å². The summed E-state index contributed by atoms with van der Waals surface area (Å²) in [5.41, 5.74) is 6.58. The Morgan fingerprint density at radius 1 is 1.21 bits per heavy atom. The summed E-state index contributed by atoms with van der Waals surface area (Å²) < 4.78 is 0. The summed E-state index contributed by atoms with van der Waals surface area (Å²) in [5, 5.41) is 5.72. The van der Waals surface area contributed by atoms with Crippen molar-refractivity contribution in [1.29, 1.82) is 0 Å². The lowest BCUT2D eigenvalue weighted by molar-refractivity contribution is -0.120. The molecule has 1 amide bonds. The number of amides is 1. The van der Waals surface area contributed by atoms with Crippen molar-refractivity contribution in [2.75, 3.05) is 0 Å². The van der Waals surface area contributed by atoms with E-state index >= 15 is 0 Å². The maximum atomic E-state index is 11.3. The van der Waals surface area contributed by atoms with Crippen LogP contribution >= 0.6 is 0 Å². The first-order chi connectivity index (χ1) is 9.13. The van der Waals surface area contributed by atoms with Crippen LogP contribution in [0.4, 0.5) is 0 Å². The molecule has 2 atom stereocenters. The van der Waals surface area contributed by atoms with Gasteiger partial charge in [0.1, 0.15) is 0 Å². The predicted molar refractivity (Wildman–Crippen MR) is 78.8 cm³/mol. The molecule has 0 aliphatic rings. The van der Waals surface area contributed by atoms with Gasteiger partial charge in [-0.15, -0.1) is 0 Å². The second-order valence-electron chi connectivity index (χ2n) is 4.82. The quantitative estimate of drug-likeness (QED) is 0.864. The summed E-state index contributed by atoms with van der Waals surface area (Å²) in [7, 11) is 0. The van der Waals surface area contributed by atoms with Crippen molar-refractivity contribution < 1.29 is 4.79 Å². The molecular weight excluding hydrogens is 236 g/mol. The molecule has 2 aromatic rings. The Kier molecular flexibility index (Phi) is 4.17. The van der Waals surface area contributed by atoms with Crippen LogP contribution < -0.4 is 11.1 Å². The Balaban J connectivity index is 2.31. The molecule has 0 bridgehead atoms. The highest BCUT2D eigenvalue weighted by Gasteiger charge is 2.17. The van der Waals surface area contributed by atoms with Crippen LogP contribution in [-0.4, -0.2) is 11.9 Å². The van der Waals surface area contributed by atoms with Crippen LogP contribution in [0.15, 0.2) is 42.5 Å². The monoisotopic (exact) mass is 256 g/mol. The summed E-state index contributed by atoms with van der Waals surface area (Å²) in [6.45, 7) is 4.02. The van der Waals surface area contributed by atoms with Crippen molar-refractivity contribution in [3.05, 3.63) is 48.0 Å². The van der Waals surface area contributed by atoms with Crippen molar-refractivity contribution in [1.82, 2.24) is 5.32 Å². The lowest BCUT2D eigenvalue weighted by atomic mass is 9.99. The lowest BCUT2D eigenvalue weighted by Gasteiger charge is -2.21. The number of carbonyl (C=O) groups is 1. The first-order valence-corrected chi connectivity index (χ1v) is 6.66. The lowest BCUT2D eigenvalue weighted by Crippen LogP contribution is -2.41. The second-order valence-corrected chi connectivity index (χ2v) is 4.82. The molecule has 3 N–H and O–H groups in total. The Labute approximate surface area is 113 Å². The molecule has 0 unspecified atom stereocenters. The van der Waals surface area contributed by atoms with Gasteiger partial charge in [-0.25, -0.2) is 0 Å². The van der Waals surface area contributed by atoms with E-state index in [1.807, 2.05) is 25.1 Å². The number of hydrogen-bond donors (Lipinski definition) is 2. The Morgan fingerprint density at radius 3 is 2.58 bits per heavy atom. The molecule has 0 radical (unpaired) electrons. The highest BCUT2D eigenvalue weighted by Crippen LogP contribution is 2.24. The maximum Gasteiger partial charge on any atom is 0.234 e. The average molecular weight is 256 g/mol. The van der Waals surface area contributed by atoms with E-state index in [4.69, 9.17) is 5.73 Å². The Morgan fingerprint density at radius 2 is 1.89 bits per heavy atom. The number of primary amides is 1. The third-order valence-electron chi connectivity index (χ3n) is 3.49. The molecule has 0 spiro atoms. The molecule has 3 heteroatoms. The molecule has 0 fully saturated rings. The summed E-state index contributed by atoms with van der Waals surface area (Å²) in [6.07, 6.45) is 0.699. The van der Waals surface area contributed by atoms with E-state index in [0.29, 0.717) is 6.42 Å². The highest BCUT2D eigenvalue weighted by atomic mass is 16.1. The molecule has 0 aliphatic carbocycles. The van der Waals surface area contributed by atoms with E-state index in [0.717, 1.165) is 0 Å². The zero-order valence-electron chi connectivity index (χ0n) is 11.4. The van der Waals surface area contributed by atoms with Gasteiger partial charge in [-0.2, -0.15) is 0 Å². The third kappa shape index (κ3) is 2.93. The molecule has 0 aliphatic heterocycles. The first kappa shape index (κ1) is 13.6. The minimum Gasteiger partial charge on any atom is -0.368 e. The fourth-order valence-electron chi connectivity index (χ4n) is 2.42. The van der Waals surface area contributed by atoms with Crippen LogP contribution in [0.1, 0.15) is 31.9 Å². The van der Waals surface area contributed by atoms with E-state index in [1.165, 1.54) is 16.3 Å². The van der Waals surface area contributed by atoms with Crippen LogP contribution in [0.5, 0.6) is 0 Å². The first-order valence-electron chi connectivity index (χ1n) is 6.66. The maximum absolute atomic E-state index is 11.3. The molecule has 100 valence electrons. The minimum atomic E-state index is -0.297.